The quantitative estimate of drug-likeness (QED) is 0.355. The van der Waals surface area contributed by atoms with E-state index in [1.165, 1.54) is 6.92 Å². The van der Waals surface area contributed by atoms with Gasteiger partial charge in [0.1, 0.15) is 0 Å². The molecule has 0 aliphatic heterocycles. The third kappa shape index (κ3) is 6.98. The van der Waals surface area contributed by atoms with E-state index in [9.17, 15) is 14.9 Å². The fourth-order valence-electron chi connectivity index (χ4n) is 0.850. The van der Waals surface area contributed by atoms with Crippen molar-refractivity contribution in [3.05, 3.63) is 10.1 Å². The number of carbonyl (C=O) groups excluding carboxylic acids is 1. The summed E-state index contributed by atoms with van der Waals surface area (Å²) in [5, 5.41) is 9.90. The van der Waals surface area contributed by atoms with Crippen molar-refractivity contribution in [2.45, 2.75) is 32.8 Å². The van der Waals surface area contributed by atoms with Gasteiger partial charge in [-0.2, -0.15) is 0 Å². The van der Waals surface area contributed by atoms with Crippen molar-refractivity contribution in [1.29, 1.82) is 0 Å². The number of esters is 1. The Morgan fingerprint density at radius 1 is 1.67 bits per heavy atom. The highest BCUT2D eigenvalue weighted by Gasteiger charge is 2.06. The minimum atomic E-state index is -0.375. The molecule has 0 bridgehead atoms. The molecule has 0 saturated heterocycles. The first kappa shape index (κ1) is 10.9. The number of carbonyl (C=O) groups is 1. The molecule has 1 unspecified atom stereocenters. The van der Waals surface area contributed by atoms with Crippen LogP contribution in [0.25, 0.3) is 0 Å². The molecule has 0 spiro atoms. The first-order valence-corrected chi connectivity index (χ1v) is 3.81. The van der Waals surface area contributed by atoms with Gasteiger partial charge in [-0.25, -0.2) is 0 Å². The normalized spacial score (nSPS) is 12.2. The molecule has 12 heavy (non-hydrogen) atoms. The maximum atomic E-state index is 10.4. The third-order valence-electron chi connectivity index (χ3n) is 1.32. The average Bonchev–Trinajstić information content (AvgIpc) is 1.84. The summed E-state index contributed by atoms with van der Waals surface area (Å²) < 4.78 is 4.77. The van der Waals surface area contributed by atoms with Crippen molar-refractivity contribution < 1.29 is 14.5 Å². The summed E-state index contributed by atoms with van der Waals surface area (Å²) in [6, 6.07) is 0. The van der Waals surface area contributed by atoms with Crippen LogP contribution < -0.4 is 0 Å². The van der Waals surface area contributed by atoms with Crippen LogP contribution in [0.5, 0.6) is 0 Å². The minimum Gasteiger partial charge on any atom is -0.463 e. The number of hydrogen-bond acceptors (Lipinski definition) is 4. The molecule has 5 heteroatoms. The lowest BCUT2D eigenvalue weighted by Gasteiger charge is -2.09. The summed E-state index contributed by atoms with van der Waals surface area (Å²) in [6.07, 6.45) is 0.768. The van der Waals surface area contributed by atoms with Gasteiger partial charge in [0.25, 0.3) is 0 Å². The van der Waals surface area contributed by atoms with Crippen LogP contribution in [0.2, 0.25) is 0 Å². The maximum Gasteiger partial charge on any atom is 0.302 e. The molecule has 0 radical (unpaired) electrons. The van der Waals surface area contributed by atoms with Crippen LogP contribution in [-0.4, -0.2) is 23.5 Å². The first-order valence-electron chi connectivity index (χ1n) is 3.81. The van der Waals surface area contributed by atoms with Gasteiger partial charge in [0.15, 0.2) is 0 Å². The lowest BCUT2D eigenvalue weighted by molar-refractivity contribution is -0.480. The molecule has 70 valence electrons. The van der Waals surface area contributed by atoms with Gasteiger partial charge in [-0.05, 0) is 13.3 Å². The fourth-order valence-corrected chi connectivity index (χ4v) is 0.850. The Morgan fingerprint density at radius 2 is 2.25 bits per heavy atom. The molecule has 0 aromatic carbocycles. The third-order valence-corrected chi connectivity index (χ3v) is 1.32. The van der Waals surface area contributed by atoms with Gasteiger partial charge in [-0.1, -0.05) is 0 Å². The lowest BCUT2D eigenvalue weighted by atomic mass is 10.2. The number of nitrogens with zero attached hydrogens (tertiary/aromatic N) is 1. The first-order chi connectivity index (χ1) is 5.52. The van der Waals surface area contributed by atoms with E-state index >= 15 is 0 Å². The van der Waals surface area contributed by atoms with Crippen LogP contribution in [0, 0.1) is 10.1 Å². The molecule has 0 rings (SSSR count). The largest absolute Gasteiger partial charge is 0.463 e. The summed E-state index contributed by atoms with van der Waals surface area (Å²) in [6.45, 7) is 2.98. The fraction of sp³-hybridized carbons (Fsp3) is 0.857. The van der Waals surface area contributed by atoms with Crippen molar-refractivity contribution in [2.75, 3.05) is 6.54 Å². The smallest absolute Gasteiger partial charge is 0.302 e. The van der Waals surface area contributed by atoms with Crippen molar-refractivity contribution in [1.82, 2.24) is 0 Å². The van der Waals surface area contributed by atoms with Gasteiger partial charge < -0.3 is 4.74 Å². The Hall–Kier alpha value is -1.13. The molecule has 0 saturated carbocycles. The maximum absolute atomic E-state index is 10.4. The summed E-state index contributed by atoms with van der Waals surface area (Å²) in [7, 11) is 0. The molecule has 5 nitrogen and oxygen atoms in total. The molecule has 0 aliphatic carbocycles. The predicted molar refractivity (Wildman–Crippen MR) is 42.3 cm³/mol. The number of hydrogen-bond donors (Lipinski definition) is 0. The van der Waals surface area contributed by atoms with Crippen LogP contribution in [0.4, 0.5) is 0 Å². The van der Waals surface area contributed by atoms with E-state index in [4.69, 9.17) is 4.74 Å². The van der Waals surface area contributed by atoms with Crippen molar-refractivity contribution in [3.63, 3.8) is 0 Å². The molecule has 0 fully saturated rings. The minimum absolute atomic E-state index is 0.0639. The molecule has 0 heterocycles. The van der Waals surface area contributed by atoms with Crippen molar-refractivity contribution in [2.24, 2.45) is 0 Å². The zero-order chi connectivity index (χ0) is 9.56. The predicted octanol–water partition coefficient (Wildman–Crippen LogP) is 0.995. The standard InChI is InChI=1S/C7H13NO4/c1-6(12-7(2)9)4-3-5-8(10)11/h6H,3-5H2,1-2H3. The number of nitro groups is 1. The number of ether oxygens (including phenoxy) is 1. The Kier molecular flexibility index (Phi) is 4.99. The van der Waals surface area contributed by atoms with E-state index in [-0.39, 0.29) is 23.5 Å². The molecule has 1 atom stereocenters. The second-order valence-electron chi connectivity index (χ2n) is 2.62. The van der Waals surface area contributed by atoms with Gasteiger partial charge in [-0.3, -0.25) is 14.9 Å². The summed E-state index contributed by atoms with van der Waals surface area (Å²) >= 11 is 0. The van der Waals surface area contributed by atoms with E-state index in [0.717, 1.165) is 0 Å². The van der Waals surface area contributed by atoms with E-state index in [1.54, 1.807) is 6.92 Å². The highest BCUT2D eigenvalue weighted by atomic mass is 16.6. The monoisotopic (exact) mass is 175 g/mol. The molecule has 0 aromatic rings. The van der Waals surface area contributed by atoms with Gasteiger partial charge >= 0.3 is 5.97 Å². The van der Waals surface area contributed by atoms with Gasteiger partial charge in [-0.15, -0.1) is 0 Å². The van der Waals surface area contributed by atoms with Crippen LogP contribution in [0.1, 0.15) is 26.7 Å². The van der Waals surface area contributed by atoms with E-state index in [0.29, 0.717) is 12.8 Å². The number of rotatable bonds is 5. The van der Waals surface area contributed by atoms with Crippen LogP contribution >= 0.6 is 0 Å². The molecular weight excluding hydrogens is 162 g/mol. The second kappa shape index (κ2) is 5.51. The Labute approximate surface area is 70.9 Å². The van der Waals surface area contributed by atoms with Crippen LogP contribution in [0.3, 0.4) is 0 Å². The van der Waals surface area contributed by atoms with Crippen molar-refractivity contribution >= 4 is 5.97 Å². The molecule has 0 aromatic heterocycles. The molecule has 0 amide bonds. The Morgan fingerprint density at radius 3 is 2.67 bits per heavy atom. The van der Waals surface area contributed by atoms with Gasteiger partial charge in [0.2, 0.25) is 6.54 Å². The second-order valence-corrected chi connectivity index (χ2v) is 2.62. The van der Waals surface area contributed by atoms with E-state index in [2.05, 4.69) is 0 Å². The van der Waals surface area contributed by atoms with Gasteiger partial charge in [0, 0.05) is 18.3 Å². The molecule has 0 aliphatic rings. The average molecular weight is 175 g/mol. The van der Waals surface area contributed by atoms with Crippen molar-refractivity contribution in [3.8, 4) is 0 Å². The SMILES string of the molecule is CC(=O)OC(C)CCC[N+](=O)[O-]. The van der Waals surface area contributed by atoms with Gasteiger partial charge in [0.05, 0.1) is 6.10 Å². The molecular formula is C7H13NO4. The summed E-state index contributed by atoms with van der Waals surface area (Å²) in [4.78, 5) is 19.9. The summed E-state index contributed by atoms with van der Waals surface area (Å²) in [5.74, 6) is -0.344. The Balaban J connectivity index is 3.37. The zero-order valence-corrected chi connectivity index (χ0v) is 7.28. The van der Waals surface area contributed by atoms with E-state index in [1.807, 2.05) is 0 Å². The highest BCUT2D eigenvalue weighted by Crippen LogP contribution is 2.01. The summed E-state index contributed by atoms with van der Waals surface area (Å²) in [5.41, 5.74) is 0. The molecule has 0 N–H and O–H groups in total. The highest BCUT2D eigenvalue weighted by molar-refractivity contribution is 5.66. The topological polar surface area (TPSA) is 69.4 Å². The zero-order valence-electron chi connectivity index (χ0n) is 7.28. The van der Waals surface area contributed by atoms with Crippen LogP contribution in [-0.2, 0) is 9.53 Å². The van der Waals surface area contributed by atoms with Crippen LogP contribution in [0.15, 0.2) is 0 Å². The Bertz CT molecular complexity index is 169. The lowest BCUT2D eigenvalue weighted by Crippen LogP contribution is -2.13. The van der Waals surface area contributed by atoms with E-state index < -0.39 is 0 Å².